The summed E-state index contributed by atoms with van der Waals surface area (Å²) in [5.74, 6) is 0. The standard InChI is InChI=1S/C10H12ClN3OS/c1-6-7(10(11)14(2)13-6)3-8(15)9-4-12-5-16-9/h4-5,8,15H,3H2,1-2H3. The molecule has 0 spiro atoms. The van der Waals surface area contributed by atoms with E-state index in [1.165, 1.54) is 11.3 Å². The van der Waals surface area contributed by atoms with E-state index in [9.17, 15) is 5.11 Å². The van der Waals surface area contributed by atoms with Crippen molar-refractivity contribution in [3.05, 3.63) is 33.0 Å². The van der Waals surface area contributed by atoms with E-state index in [1.54, 1.807) is 23.4 Å². The van der Waals surface area contributed by atoms with Gasteiger partial charge in [0.25, 0.3) is 0 Å². The van der Waals surface area contributed by atoms with Crippen molar-refractivity contribution in [2.24, 2.45) is 7.05 Å². The number of thiazole rings is 1. The molecule has 6 heteroatoms. The highest BCUT2D eigenvalue weighted by Crippen LogP contribution is 2.26. The Balaban J connectivity index is 2.21. The van der Waals surface area contributed by atoms with Crippen molar-refractivity contribution < 1.29 is 5.11 Å². The van der Waals surface area contributed by atoms with Crippen LogP contribution >= 0.6 is 22.9 Å². The quantitative estimate of drug-likeness (QED) is 0.916. The molecular weight excluding hydrogens is 246 g/mol. The fraction of sp³-hybridized carbons (Fsp3) is 0.400. The third kappa shape index (κ3) is 2.11. The smallest absolute Gasteiger partial charge is 0.130 e. The van der Waals surface area contributed by atoms with Crippen molar-refractivity contribution in [3.63, 3.8) is 0 Å². The lowest BCUT2D eigenvalue weighted by molar-refractivity contribution is 0.182. The molecule has 1 atom stereocenters. The third-order valence-electron chi connectivity index (χ3n) is 2.45. The summed E-state index contributed by atoms with van der Waals surface area (Å²) in [4.78, 5) is 4.79. The number of aliphatic hydroxyl groups excluding tert-OH is 1. The van der Waals surface area contributed by atoms with Gasteiger partial charge < -0.3 is 5.11 Å². The third-order valence-corrected chi connectivity index (χ3v) is 3.80. The van der Waals surface area contributed by atoms with Crippen LogP contribution in [0.2, 0.25) is 5.15 Å². The molecule has 0 amide bonds. The van der Waals surface area contributed by atoms with Gasteiger partial charge in [-0.3, -0.25) is 9.67 Å². The molecular formula is C10H12ClN3OS. The molecule has 2 heterocycles. The molecule has 16 heavy (non-hydrogen) atoms. The van der Waals surface area contributed by atoms with E-state index in [4.69, 9.17) is 11.6 Å². The number of aromatic nitrogens is 3. The molecule has 0 aliphatic heterocycles. The molecule has 86 valence electrons. The van der Waals surface area contributed by atoms with Crippen LogP contribution < -0.4 is 0 Å². The van der Waals surface area contributed by atoms with Crippen molar-refractivity contribution in [1.82, 2.24) is 14.8 Å². The Morgan fingerprint density at radius 3 is 2.88 bits per heavy atom. The topological polar surface area (TPSA) is 50.9 Å². The SMILES string of the molecule is Cc1nn(C)c(Cl)c1CC(O)c1cncs1. The molecule has 0 radical (unpaired) electrons. The summed E-state index contributed by atoms with van der Waals surface area (Å²) < 4.78 is 1.62. The van der Waals surface area contributed by atoms with Gasteiger partial charge in [0.05, 0.1) is 22.2 Å². The van der Waals surface area contributed by atoms with Crippen LogP contribution in [0.25, 0.3) is 0 Å². The van der Waals surface area contributed by atoms with E-state index in [-0.39, 0.29) is 0 Å². The van der Waals surface area contributed by atoms with E-state index in [0.29, 0.717) is 11.6 Å². The summed E-state index contributed by atoms with van der Waals surface area (Å²) in [6.07, 6.45) is 1.59. The first-order chi connectivity index (χ1) is 7.59. The van der Waals surface area contributed by atoms with Crippen LogP contribution in [0.4, 0.5) is 0 Å². The minimum Gasteiger partial charge on any atom is -0.387 e. The maximum Gasteiger partial charge on any atom is 0.130 e. The average molecular weight is 258 g/mol. The van der Waals surface area contributed by atoms with E-state index in [1.807, 2.05) is 6.92 Å². The highest BCUT2D eigenvalue weighted by molar-refractivity contribution is 7.09. The molecule has 0 aliphatic carbocycles. The van der Waals surface area contributed by atoms with E-state index in [0.717, 1.165) is 16.1 Å². The predicted molar refractivity (Wildman–Crippen MR) is 63.7 cm³/mol. The lowest BCUT2D eigenvalue weighted by Gasteiger charge is -2.07. The first-order valence-electron chi connectivity index (χ1n) is 4.84. The summed E-state index contributed by atoms with van der Waals surface area (Å²) in [6.45, 7) is 1.89. The molecule has 2 aromatic rings. The van der Waals surface area contributed by atoms with Gasteiger partial charge in [-0.2, -0.15) is 5.10 Å². The Hall–Kier alpha value is -0.910. The Morgan fingerprint density at radius 2 is 2.38 bits per heavy atom. The summed E-state index contributed by atoms with van der Waals surface area (Å²) in [7, 11) is 1.79. The lowest BCUT2D eigenvalue weighted by atomic mass is 10.1. The average Bonchev–Trinajstić information content (AvgIpc) is 2.83. The highest BCUT2D eigenvalue weighted by Gasteiger charge is 2.17. The van der Waals surface area contributed by atoms with Crippen LogP contribution in [0.15, 0.2) is 11.7 Å². The Bertz CT molecular complexity index is 480. The monoisotopic (exact) mass is 257 g/mol. The van der Waals surface area contributed by atoms with Crippen molar-refractivity contribution >= 4 is 22.9 Å². The molecule has 0 fully saturated rings. The van der Waals surface area contributed by atoms with Crippen molar-refractivity contribution in [2.75, 3.05) is 0 Å². The summed E-state index contributed by atoms with van der Waals surface area (Å²) in [5, 5.41) is 14.8. The highest BCUT2D eigenvalue weighted by atomic mass is 35.5. The largest absolute Gasteiger partial charge is 0.387 e. The summed E-state index contributed by atoms with van der Waals surface area (Å²) in [5.41, 5.74) is 3.46. The minimum atomic E-state index is -0.562. The molecule has 4 nitrogen and oxygen atoms in total. The first kappa shape index (κ1) is 11.6. The van der Waals surface area contributed by atoms with Gasteiger partial charge in [0.1, 0.15) is 5.15 Å². The lowest BCUT2D eigenvalue weighted by Crippen LogP contribution is -2.00. The molecule has 2 rings (SSSR count). The van der Waals surface area contributed by atoms with Gasteiger partial charge in [-0.1, -0.05) is 11.6 Å². The first-order valence-corrected chi connectivity index (χ1v) is 6.09. The van der Waals surface area contributed by atoms with Crippen molar-refractivity contribution in [2.45, 2.75) is 19.4 Å². The normalized spacial score (nSPS) is 13.0. The molecule has 0 bridgehead atoms. The number of nitrogens with zero attached hydrogens (tertiary/aromatic N) is 3. The van der Waals surface area contributed by atoms with Gasteiger partial charge in [0.15, 0.2) is 0 Å². The van der Waals surface area contributed by atoms with Gasteiger partial charge >= 0.3 is 0 Å². The van der Waals surface area contributed by atoms with Gasteiger partial charge in [-0.25, -0.2) is 0 Å². The molecule has 1 N–H and O–H groups in total. The van der Waals surface area contributed by atoms with Crippen LogP contribution in [0.3, 0.4) is 0 Å². The second-order valence-corrected chi connectivity index (χ2v) is 4.88. The zero-order chi connectivity index (χ0) is 11.7. The number of rotatable bonds is 3. The van der Waals surface area contributed by atoms with E-state index in [2.05, 4.69) is 10.1 Å². The van der Waals surface area contributed by atoms with Gasteiger partial charge in [0.2, 0.25) is 0 Å². The molecule has 0 saturated carbocycles. The fourth-order valence-electron chi connectivity index (χ4n) is 1.59. The van der Waals surface area contributed by atoms with Crippen LogP contribution in [-0.2, 0) is 13.5 Å². The Kier molecular flexibility index (Phi) is 3.28. The van der Waals surface area contributed by atoms with Crippen molar-refractivity contribution in [1.29, 1.82) is 0 Å². The molecule has 1 unspecified atom stereocenters. The molecule has 0 saturated heterocycles. The zero-order valence-corrected chi connectivity index (χ0v) is 10.6. The van der Waals surface area contributed by atoms with E-state index < -0.39 is 6.10 Å². The van der Waals surface area contributed by atoms with Crippen LogP contribution in [-0.4, -0.2) is 19.9 Å². The van der Waals surface area contributed by atoms with Gasteiger partial charge in [-0.05, 0) is 6.92 Å². The van der Waals surface area contributed by atoms with Crippen molar-refractivity contribution in [3.8, 4) is 0 Å². The molecule has 2 aromatic heterocycles. The number of hydrogen-bond acceptors (Lipinski definition) is 4. The second-order valence-electron chi connectivity index (χ2n) is 3.60. The van der Waals surface area contributed by atoms with E-state index >= 15 is 0 Å². The number of hydrogen-bond donors (Lipinski definition) is 1. The van der Waals surface area contributed by atoms with Crippen LogP contribution in [0.5, 0.6) is 0 Å². The number of halogens is 1. The second kappa shape index (κ2) is 4.53. The molecule has 0 aliphatic rings. The number of aliphatic hydroxyl groups is 1. The molecule has 0 aromatic carbocycles. The van der Waals surface area contributed by atoms with Crippen LogP contribution in [0, 0.1) is 6.92 Å². The van der Waals surface area contributed by atoms with Crippen LogP contribution in [0.1, 0.15) is 22.2 Å². The maximum absolute atomic E-state index is 10.00. The van der Waals surface area contributed by atoms with Gasteiger partial charge in [0, 0.05) is 25.2 Å². The maximum atomic E-state index is 10.00. The Morgan fingerprint density at radius 1 is 1.62 bits per heavy atom. The minimum absolute atomic E-state index is 0.473. The predicted octanol–water partition coefficient (Wildman–Crippen LogP) is 2.11. The fourth-order valence-corrected chi connectivity index (χ4v) is 2.45. The Labute approximate surface area is 103 Å². The number of aryl methyl sites for hydroxylation is 2. The summed E-state index contributed by atoms with van der Waals surface area (Å²) in [6, 6.07) is 0. The zero-order valence-electron chi connectivity index (χ0n) is 9.01. The summed E-state index contributed by atoms with van der Waals surface area (Å²) >= 11 is 7.53. The van der Waals surface area contributed by atoms with Gasteiger partial charge in [-0.15, -0.1) is 11.3 Å².